The van der Waals surface area contributed by atoms with Crippen molar-refractivity contribution in [2.24, 2.45) is 5.92 Å². The first-order chi connectivity index (χ1) is 12.0. The minimum absolute atomic E-state index is 0.0500. The van der Waals surface area contributed by atoms with Gasteiger partial charge in [0.05, 0.1) is 13.5 Å². The van der Waals surface area contributed by atoms with Crippen LogP contribution in [0, 0.1) is 12.8 Å². The van der Waals surface area contributed by atoms with Gasteiger partial charge < -0.3 is 14.5 Å². The number of aryl methyl sites for hydroxylation is 1. The molecule has 6 heteroatoms. The average Bonchev–Trinajstić information content (AvgIpc) is 2.56. The van der Waals surface area contributed by atoms with Crippen molar-refractivity contribution < 1.29 is 14.3 Å². The molecule has 0 aromatic heterocycles. The van der Waals surface area contributed by atoms with Crippen LogP contribution >= 0.6 is 11.6 Å². The first-order valence-electron chi connectivity index (χ1n) is 8.89. The number of ether oxygens (including phenoxy) is 1. The van der Waals surface area contributed by atoms with E-state index >= 15 is 0 Å². The van der Waals surface area contributed by atoms with Crippen molar-refractivity contribution in [3.63, 3.8) is 0 Å². The van der Waals surface area contributed by atoms with E-state index in [9.17, 15) is 9.59 Å². The van der Waals surface area contributed by atoms with E-state index in [1.165, 1.54) is 0 Å². The second-order valence-electron chi connectivity index (χ2n) is 6.92. The Morgan fingerprint density at radius 2 is 1.80 bits per heavy atom. The van der Waals surface area contributed by atoms with Gasteiger partial charge in [-0.2, -0.15) is 0 Å². The Morgan fingerprint density at radius 3 is 2.36 bits per heavy atom. The number of benzene rings is 1. The Kier molecular flexibility index (Phi) is 5.52. The molecule has 0 radical (unpaired) electrons. The van der Waals surface area contributed by atoms with Gasteiger partial charge in [0.1, 0.15) is 5.75 Å². The molecular weight excluding hydrogens is 340 g/mol. The molecule has 25 heavy (non-hydrogen) atoms. The quantitative estimate of drug-likeness (QED) is 0.825. The lowest BCUT2D eigenvalue weighted by atomic mass is 9.84. The van der Waals surface area contributed by atoms with Crippen molar-refractivity contribution in [2.75, 3.05) is 33.3 Å². The minimum atomic E-state index is 0.0500. The molecule has 2 aliphatic rings. The summed E-state index contributed by atoms with van der Waals surface area (Å²) >= 11 is 6.19. The van der Waals surface area contributed by atoms with E-state index in [0.29, 0.717) is 37.0 Å². The molecule has 2 fully saturated rings. The molecule has 1 aromatic carbocycles. The third-order valence-electron chi connectivity index (χ3n) is 5.30. The fraction of sp³-hybridized carbons (Fsp3) is 0.579. The van der Waals surface area contributed by atoms with Crippen molar-refractivity contribution in [3.8, 4) is 5.75 Å². The number of methoxy groups -OCH3 is 1. The molecule has 0 atom stereocenters. The van der Waals surface area contributed by atoms with E-state index in [0.717, 1.165) is 30.4 Å². The smallest absolute Gasteiger partial charge is 0.227 e. The number of hydrogen-bond donors (Lipinski definition) is 0. The van der Waals surface area contributed by atoms with Gasteiger partial charge in [0.25, 0.3) is 0 Å². The van der Waals surface area contributed by atoms with Crippen molar-refractivity contribution in [1.29, 1.82) is 0 Å². The molecule has 1 saturated heterocycles. The van der Waals surface area contributed by atoms with E-state index in [1.54, 1.807) is 7.11 Å². The molecule has 0 N–H and O–H groups in total. The number of piperazine rings is 1. The highest BCUT2D eigenvalue weighted by atomic mass is 35.5. The molecule has 5 nitrogen and oxygen atoms in total. The van der Waals surface area contributed by atoms with Gasteiger partial charge in [0.15, 0.2) is 0 Å². The molecule has 1 aliphatic carbocycles. The molecule has 1 aromatic rings. The van der Waals surface area contributed by atoms with Crippen molar-refractivity contribution in [2.45, 2.75) is 32.6 Å². The van der Waals surface area contributed by atoms with Crippen molar-refractivity contribution in [3.05, 3.63) is 28.3 Å². The number of carbonyl (C=O) groups excluding carboxylic acids is 2. The number of hydrogen-bond acceptors (Lipinski definition) is 3. The van der Waals surface area contributed by atoms with Crippen molar-refractivity contribution >= 4 is 23.4 Å². The number of halogens is 1. The number of nitrogens with zero attached hydrogens (tertiary/aromatic N) is 2. The van der Waals surface area contributed by atoms with Crippen molar-refractivity contribution in [1.82, 2.24) is 9.80 Å². The first kappa shape index (κ1) is 18.1. The van der Waals surface area contributed by atoms with E-state index in [2.05, 4.69) is 0 Å². The van der Waals surface area contributed by atoms with Gasteiger partial charge >= 0.3 is 0 Å². The molecule has 1 saturated carbocycles. The minimum Gasteiger partial charge on any atom is -0.496 e. The summed E-state index contributed by atoms with van der Waals surface area (Å²) in [5.74, 6) is 1.23. The lowest BCUT2D eigenvalue weighted by molar-refractivity contribution is -0.143. The van der Waals surface area contributed by atoms with Crippen LogP contribution in [0.2, 0.25) is 5.02 Å². The topological polar surface area (TPSA) is 49.9 Å². The van der Waals surface area contributed by atoms with Crippen LogP contribution in [-0.4, -0.2) is 54.9 Å². The van der Waals surface area contributed by atoms with Gasteiger partial charge in [0.2, 0.25) is 11.8 Å². The third-order valence-corrected chi connectivity index (χ3v) is 5.71. The summed E-state index contributed by atoms with van der Waals surface area (Å²) in [7, 11) is 1.60. The maximum absolute atomic E-state index is 12.6. The average molecular weight is 365 g/mol. The SMILES string of the molecule is COc1cc(C)c(Cl)cc1CC(=O)N1CCN(C(=O)C2CCC2)CC1. The van der Waals surface area contributed by atoms with E-state index in [1.807, 2.05) is 28.9 Å². The molecular formula is C19H25ClN2O3. The van der Waals surface area contributed by atoms with Gasteiger partial charge in [-0.1, -0.05) is 18.0 Å². The van der Waals surface area contributed by atoms with Crippen LogP contribution in [0.1, 0.15) is 30.4 Å². The second-order valence-corrected chi connectivity index (χ2v) is 7.33. The molecule has 1 aliphatic heterocycles. The molecule has 2 amide bonds. The largest absolute Gasteiger partial charge is 0.496 e. The second kappa shape index (κ2) is 7.65. The molecule has 1 heterocycles. The van der Waals surface area contributed by atoms with Gasteiger partial charge in [-0.25, -0.2) is 0 Å². The zero-order chi connectivity index (χ0) is 18.0. The number of carbonyl (C=O) groups is 2. The molecule has 0 spiro atoms. The molecule has 0 unspecified atom stereocenters. The Hall–Kier alpha value is -1.75. The maximum atomic E-state index is 12.6. The zero-order valence-electron chi connectivity index (χ0n) is 14.9. The van der Waals surface area contributed by atoms with Gasteiger partial charge in [-0.15, -0.1) is 0 Å². The summed E-state index contributed by atoms with van der Waals surface area (Å²) in [6, 6.07) is 3.67. The maximum Gasteiger partial charge on any atom is 0.227 e. The summed E-state index contributed by atoms with van der Waals surface area (Å²) in [5.41, 5.74) is 1.73. The van der Waals surface area contributed by atoms with Crippen LogP contribution in [-0.2, 0) is 16.0 Å². The summed E-state index contributed by atoms with van der Waals surface area (Å²) in [6.45, 7) is 4.37. The lowest BCUT2D eigenvalue weighted by Gasteiger charge is -2.38. The Morgan fingerprint density at radius 1 is 1.16 bits per heavy atom. The highest BCUT2D eigenvalue weighted by molar-refractivity contribution is 6.31. The Balaban J connectivity index is 1.58. The predicted molar refractivity (Wildman–Crippen MR) is 96.9 cm³/mol. The molecule has 3 rings (SSSR count). The third kappa shape index (κ3) is 3.92. The van der Waals surface area contributed by atoms with E-state index in [4.69, 9.17) is 16.3 Å². The van der Waals surface area contributed by atoms with Crippen LogP contribution in [0.25, 0.3) is 0 Å². The Labute approximate surface area is 153 Å². The standard InChI is InChI=1S/C19H25ClN2O3/c1-13-10-17(25-2)15(11-16(13)20)12-18(23)21-6-8-22(9-7-21)19(24)14-4-3-5-14/h10-11,14H,3-9,12H2,1-2H3. The summed E-state index contributed by atoms with van der Waals surface area (Å²) in [5, 5.41) is 0.638. The lowest BCUT2D eigenvalue weighted by Crippen LogP contribution is -2.52. The summed E-state index contributed by atoms with van der Waals surface area (Å²) in [4.78, 5) is 28.7. The summed E-state index contributed by atoms with van der Waals surface area (Å²) in [6.07, 6.45) is 3.47. The van der Waals surface area contributed by atoms with Gasteiger partial charge in [-0.05, 0) is 37.5 Å². The highest BCUT2D eigenvalue weighted by Gasteiger charge is 2.32. The van der Waals surface area contributed by atoms with Crippen LogP contribution in [0.4, 0.5) is 0 Å². The molecule has 136 valence electrons. The first-order valence-corrected chi connectivity index (χ1v) is 9.27. The fourth-order valence-corrected chi connectivity index (χ4v) is 3.58. The van der Waals surface area contributed by atoms with Crippen LogP contribution < -0.4 is 4.74 Å². The summed E-state index contributed by atoms with van der Waals surface area (Å²) < 4.78 is 5.38. The van der Waals surface area contributed by atoms with E-state index in [-0.39, 0.29) is 24.2 Å². The molecule has 0 bridgehead atoms. The zero-order valence-corrected chi connectivity index (χ0v) is 15.6. The van der Waals surface area contributed by atoms with Crippen LogP contribution in [0.5, 0.6) is 5.75 Å². The monoisotopic (exact) mass is 364 g/mol. The van der Waals surface area contributed by atoms with E-state index < -0.39 is 0 Å². The normalized spacial score (nSPS) is 18.0. The fourth-order valence-electron chi connectivity index (χ4n) is 3.39. The van der Waals surface area contributed by atoms with Crippen LogP contribution in [0.3, 0.4) is 0 Å². The highest BCUT2D eigenvalue weighted by Crippen LogP contribution is 2.29. The van der Waals surface area contributed by atoms with Crippen LogP contribution in [0.15, 0.2) is 12.1 Å². The van der Waals surface area contributed by atoms with Gasteiger partial charge in [-0.3, -0.25) is 9.59 Å². The predicted octanol–water partition coefficient (Wildman–Crippen LogP) is 2.67. The Bertz CT molecular complexity index is 665. The number of rotatable bonds is 4. The number of amides is 2. The van der Waals surface area contributed by atoms with Gasteiger partial charge in [0, 0.05) is 42.7 Å².